The summed E-state index contributed by atoms with van der Waals surface area (Å²) in [6, 6.07) is 0.0674. The number of ether oxygens (including phenoxy) is 2. The summed E-state index contributed by atoms with van der Waals surface area (Å²) < 4.78 is 81.8. The number of aromatic nitrogens is 1. The molecule has 1 aromatic heterocycles. The van der Waals surface area contributed by atoms with E-state index in [1.165, 1.54) is 29.5 Å². The molecule has 4 nitrogen and oxygen atoms in total. The fraction of sp³-hybridized carbons (Fsp3) is 0.400. The first-order valence-corrected chi connectivity index (χ1v) is 6.24. The maximum atomic E-state index is 12.6. The first-order valence-electron chi connectivity index (χ1n) is 5.16. The van der Waals surface area contributed by atoms with Crippen LogP contribution in [0.3, 0.4) is 0 Å². The van der Waals surface area contributed by atoms with Crippen LogP contribution in [-0.4, -0.2) is 23.9 Å². The average molecular weight is 429 g/mol. The highest BCUT2D eigenvalue weighted by molar-refractivity contribution is 14.1. The van der Waals surface area contributed by atoms with Crippen LogP contribution < -0.4 is 4.74 Å². The van der Waals surface area contributed by atoms with Crippen LogP contribution in [-0.2, 0) is 10.9 Å². The molecular weight excluding hydrogens is 423 g/mol. The Labute approximate surface area is 127 Å². The Bertz CT molecular complexity index is 543. The highest BCUT2D eigenvalue weighted by Crippen LogP contribution is 2.36. The maximum absolute atomic E-state index is 12.6. The van der Waals surface area contributed by atoms with E-state index in [4.69, 9.17) is 0 Å². The highest BCUT2D eigenvalue weighted by atomic mass is 127. The second-order valence-electron chi connectivity index (χ2n) is 3.43. The molecule has 0 amide bonds. The smallest absolute Gasteiger partial charge is 0.461 e. The molecule has 0 N–H and O–H groups in total. The van der Waals surface area contributed by atoms with Crippen molar-refractivity contribution in [2.75, 3.05) is 6.61 Å². The molecule has 0 unspecified atom stereocenters. The molecule has 0 atom stereocenters. The van der Waals surface area contributed by atoms with E-state index in [1.54, 1.807) is 0 Å². The number of hydrogen-bond donors (Lipinski definition) is 0. The fourth-order valence-electron chi connectivity index (χ4n) is 1.18. The van der Waals surface area contributed by atoms with Crippen LogP contribution in [0.15, 0.2) is 6.07 Å². The van der Waals surface area contributed by atoms with Crippen LogP contribution in [0.1, 0.15) is 23.1 Å². The van der Waals surface area contributed by atoms with Crippen molar-refractivity contribution >= 4 is 28.6 Å². The first kappa shape index (κ1) is 17.8. The lowest BCUT2D eigenvalue weighted by Gasteiger charge is -2.15. The number of pyridine rings is 1. The van der Waals surface area contributed by atoms with E-state index in [2.05, 4.69) is 14.5 Å². The number of nitrogens with zero attached hydrogens (tertiary/aromatic N) is 1. The maximum Gasteiger partial charge on any atom is 0.573 e. The van der Waals surface area contributed by atoms with Crippen molar-refractivity contribution in [1.29, 1.82) is 0 Å². The normalized spacial score (nSPS) is 12.2. The SMILES string of the molecule is CCOC(=O)c1nc(C(F)(F)F)cc(OC(F)(F)F)c1I. The van der Waals surface area contributed by atoms with Gasteiger partial charge in [-0.15, -0.1) is 13.2 Å². The molecule has 0 aliphatic rings. The van der Waals surface area contributed by atoms with Crippen LogP contribution in [0, 0.1) is 3.57 Å². The zero-order chi connectivity index (χ0) is 16.4. The molecule has 1 heterocycles. The molecule has 21 heavy (non-hydrogen) atoms. The number of rotatable bonds is 3. The van der Waals surface area contributed by atoms with Crippen molar-refractivity contribution in [3.8, 4) is 5.75 Å². The van der Waals surface area contributed by atoms with Crippen LogP contribution in [0.5, 0.6) is 5.75 Å². The third kappa shape index (κ3) is 4.89. The molecule has 1 rings (SSSR count). The van der Waals surface area contributed by atoms with Gasteiger partial charge in [0.25, 0.3) is 0 Å². The van der Waals surface area contributed by atoms with Gasteiger partial charge >= 0.3 is 18.5 Å². The predicted octanol–water partition coefficient (Wildman–Crippen LogP) is 3.78. The Balaban J connectivity index is 3.43. The number of carbonyl (C=O) groups excluding carboxylic acids is 1. The van der Waals surface area contributed by atoms with Crippen molar-refractivity contribution in [3.63, 3.8) is 0 Å². The lowest BCUT2D eigenvalue weighted by Crippen LogP contribution is -2.21. The number of esters is 1. The molecule has 11 heteroatoms. The summed E-state index contributed by atoms with van der Waals surface area (Å²) in [5.74, 6) is -2.45. The monoisotopic (exact) mass is 429 g/mol. The number of carbonyl (C=O) groups is 1. The van der Waals surface area contributed by atoms with E-state index in [1.807, 2.05) is 0 Å². The van der Waals surface area contributed by atoms with Crippen LogP contribution in [0.2, 0.25) is 0 Å². The quantitative estimate of drug-likeness (QED) is 0.417. The van der Waals surface area contributed by atoms with Gasteiger partial charge in [-0.05, 0) is 29.5 Å². The Morgan fingerprint density at radius 3 is 2.29 bits per heavy atom. The number of halogens is 7. The van der Waals surface area contributed by atoms with E-state index in [-0.39, 0.29) is 12.7 Å². The Morgan fingerprint density at radius 2 is 1.86 bits per heavy atom. The summed E-state index contributed by atoms with van der Waals surface area (Å²) >= 11 is 1.23. The van der Waals surface area contributed by atoms with E-state index in [0.717, 1.165) is 0 Å². The molecule has 118 valence electrons. The van der Waals surface area contributed by atoms with Gasteiger partial charge in [-0.1, -0.05) is 0 Å². The summed E-state index contributed by atoms with van der Waals surface area (Å²) in [4.78, 5) is 14.5. The van der Waals surface area contributed by atoms with E-state index in [9.17, 15) is 31.1 Å². The second-order valence-corrected chi connectivity index (χ2v) is 4.51. The van der Waals surface area contributed by atoms with Crippen molar-refractivity contribution in [3.05, 3.63) is 21.0 Å². The van der Waals surface area contributed by atoms with Gasteiger partial charge < -0.3 is 9.47 Å². The molecule has 0 bridgehead atoms. The van der Waals surface area contributed by atoms with Gasteiger partial charge in [-0.3, -0.25) is 0 Å². The third-order valence-electron chi connectivity index (χ3n) is 1.91. The molecular formula is C10H6F6INO3. The second kappa shape index (κ2) is 6.23. The zero-order valence-electron chi connectivity index (χ0n) is 10.1. The predicted molar refractivity (Wildman–Crippen MR) is 64.6 cm³/mol. The Hall–Kier alpha value is -1.27. The average Bonchev–Trinajstić information content (AvgIpc) is 2.28. The number of hydrogen-bond acceptors (Lipinski definition) is 4. The summed E-state index contributed by atoms with van der Waals surface area (Å²) in [6.07, 6.45) is -10.3. The molecule has 0 fully saturated rings. The summed E-state index contributed by atoms with van der Waals surface area (Å²) in [5, 5.41) is 0. The molecule has 1 aromatic rings. The van der Waals surface area contributed by atoms with Gasteiger partial charge in [-0.25, -0.2) is 9.78 Å². The minimum atomic E-state index is -5.21. The summed E-state index contributed by atoms with van der Waals surface area (Å²) in [7, 11) is 0. The lowest BCUT2D eigenvalue weighted by molar-refractivity contribution is -0.275. The van der Waals surface area contributed by atoms with Crippen molar-refractivity contribution in [2.45, 2.75) is 19.5 Å². The minimum absolute atomic E-state index is 0.0674. The van der Waals surface area contributed by atoms with Gasteiger partial charge in [0.2, 0.25) is 0 Å². The molecule has 0 aromatic carbocycles. The van der Waals surface area contributed by atoms with Crippen LogP contribution in [0.4, 0.5) is 26.3 Å². The Morgan fingerprint density at radius 1 is 1.29 bits per heavy atom. The lowest BCUT2D eigenvalue weighted by atomic mass is 10.2. The highest BCUT2D eigenvalue weighted by Gasteiger charge is 2.38. The van der Waals surface area contributed by atoms with E-state index < -0.39 is 39.2 Å². The van der Waals surface area contributed by atoms with Crippen LogP contribution >= 0.6 is 22.6 Å². The zero-order valence-corrected chi connectivity index (χ0v) is 12.3. The fourth-order valence-corrected chi connectivity index (χ4v) is 1.79. The number of alkyl halides is 6. The molecule has 0 aliphatic heterocycles. The Kier molecular flexibility index (Phi) is 5.28. The third-order valence-corrected chi connectivity index (χ3v) is 2.95. The van der Waals surface area contributed by atoms with Gasteiger partial charge in [0.15, 0.2) is 5.69 Å². The van der Waals surface area contributed by atoms with Crippen LogP contribution in [0.25, 0.3) is 0 Å². The largest absolute Gasteiger partial charge is 0.573 e. The molecule has 0 aliphatic carbocycles. The van der Waals surface area contributed by atoms with Gasteiger partial charge in [-0.2, -0.15) is 13.2 Å². The van der Waals surface area contributed by atoms with Gasteiger partial charge in [0.1, 0.15) is 11.4 Å². The topological polar surface area (TPSA) is 48.4 Å². The molecule has 0 radical (unpaired) electrons. The molecule has 0 spiro atoms. The van der Waals surface area contributed by atoms with Crippen molar-refractivity contribution < 1.29 is 40.6 Å². The van der Waals surface area contributed by atoms with E-state index >= 15 is 0 Å². The molecule has 0 saturated carbocycles. The van der Waals surface area contributed by atoms with Crippen molar-refractivity contribution in [1.82, 2.24) is 4.98 Å². The van der Waals surface area contributed by atoms with Gasteiger partial charge in [0.05, 0.1) is 10.2 Å². The first-order chi connectivity index (χ1) is 9.45. The van der Waals surface area contributed by atoms with E-state index in [0.29, 0.717) is 0 Å². The standard InChI is InChI=1S/C10H6F6INO3/c1-2-20-8(19)7-6(17)4(21-10(14,15)16)3-5(18-7)9(11,12)13/h3H,2H2,1H3. The minimum Gasteiger partial charge on any atom is -0.461 e. The summed E-state index contributed by atoms with van der Waals surface area (Å²) in [5.41, 5.74) is -2.59. The van der Waals surface area contributed by atoms with Gasteiger partial charge in [0, 0.05) is 6.07 Å². The summed E-state index contributed by atoms with van der Waals surface area (Å²) in [6.45, 7) is 1.20. The molecule has 0 saturated heterocycles. The van der Waals surface area contributed by atoms with Crippen molar-refractivity contribution in [2.24, 2.45) is 0 Å².